The van der Waals surface area contributed by atoms with Crippen molar-refractivity contribution in [2.24, 2.45) is 0 Å². The minimum Gasteiger partial charge on any atom is -0.0561 e. The van der Waals surface area contributed by atoms with Gasteiger partial charge in [0.15, 0.2) is 0 Å². The van der Waals surface area contributed by atoms with E-state index in [1.165, 1.54) is 21.2 Å². The highest BCUT2D eigenvalue weighted by atomic mass is 79.9. The quantitative estimate of drug-likeness (QED) is 0.632. The predicted molar refractivity (Wildman–Crippen MR) is 62.3 cm³/mol. The Morgan fingerprint density at radius 2 is 1.62 bits per heavy atom. The maximum Gasteiger partial charge on any atom is 0.0181 e. The molecule has 1 aromatic carbocycles. The molecular weight excluding hydrogens is 224 g/mol. The third-order valence-corrected chi connectivity index (χ3v) is 2.90. The normalized spacial score (nSPS) is 11.8. The molecule has 0 aliphatic carbocycles. The molecule has 0 aromatic heterocycles. The first-order chi connectivity index (χ1) is 5.82. The molecule has 1 heteroatoms. The average Bonchev–Trinajstić information content (AvgIpc) is 1.94. The summed E-state index contributed by atoms with van der Waals surface area (Å²) >= 11 is 3.54. The van der Waals surface area contributed by atoms with Crippen LogP contribution < -0.4 is 0 Å². The van der Waals surface area contributed by atoms with Gasteiger partial charge >= 0.3 is 0 Å². The van der Waals surface area contributed by atoms with Crippen LogP contribution in [0.5, 0.6) is 0 Å². The lowest BCUT2D eigenvalue weighted by Gasteiger charge is -2.23. The first kappa shape index (κ1) is 10.8. The number of hydrogen-bond donors (Lipinski definition) is 0. The van der Waals surface area contributed by atoms with Gasteiger partial charge in [-0.25, -0.2) is 0 Å². The summed E-state index contributed by atoms with van der Waals surface area (Å²) in [6, 6.07) is 4.40. The van der Waals surface area contributed by atoms with Gasteiger partial charge in [0.05, 0.1) is 0 Å². The third-order valence-electron chi connectivity index (χ3n) is 2.44. The van der Waals surface area contributed by atoms with Gasteiger partial charge in [-0.3, -0.25) is 0 Å². The lowest BCUT2D eigenvalue weighted by Crippen LogP contribution is -2.13. The Balaban J connectivity index is 3.37. The van der Waals surface area contributed by atoms with Crippen LogP contribution in [0.1, 0.15) is 37.5 Å². The SMILES string of the molecule is Cc1cc(Br)cc(C(C)(C)C)c1C. The van der Waals surface area contributed by atoms with E-state index in [1.807, 2.05) is 0 Å². The number of rotatable bonds is 0. The zero-order valence-corrected chi connectivity index (χ0v) is 10.6. The van der Waals surface area contributed by atoms with Crippen LogP contribution in [0.2, 0.25) is 0 Å². The molecule has 0 N–H and O–H groups in total. The number of halogens is 1. The molecule has 0 fully saturated rings. The van der Waals surface area contributed by atoms with Gasteiger partial charge in [-0.1, -0.05) is 36.7 Å². The third kappa shape index (κ3) is 2.34. The molecule has 0 atom stereocenters. The largest absolute Gasteiger partial charge is 0.0561 e. The van der Waals surface area contributed by atoms with Crippen molar-refractivity contribution in [2.75, 3.05) is 0 Å². The lowest BCUT2D eigenvalue weighted by molar-refractivity contribution is 0.585. The van der Waals surface area contributed by atoms with Crippen molar-refractivity contribution in [1.82, 2.24) is 0 Å². The van der Waals surface area contributed by atoms with Gasteiger partial charge in [0.1, 0.15) is 0 Å². The van der Waals surface area contributed by atoms with Crippen LogP contribution >= 0.6 is 15.9 Å². The van der Waals surface area contributed by atoms with E-state index in [0.717, 1.165) is 0 Å². The van der Waals surface area contributed by atoms with E-state index in [-0.39, 0.29) is 5.41 Å². The molecule has 0 spiro atoms. The molecule has 0 saturated carbocycles. The van der Waals surface area contributed by atoms with E-state index in [0.29, 0.717) is 0 Å². The fourth-order valence-corrected chi connectivity index (χ4v) is 2.17. The van der Waals surface area contributed by atoms with E-state index < -0.39 is 0 Å². The van der Waals surface area contributed by atoms with E-state index in [1.54, 1.807) is 0 Å². The molecule has 0 heterocycles. The summed E-state index contributed by atoms with van der Waals surface area (Å²) in [7, 11) is 0. The summed E-state index contributed by atoms with van der Waals surface area (Å²) in [6.07, 6.45) is 0. The van der Waals surface area contributed by atoms with Gasteiger partial charge in [0, 0.05) is 4.47 Å². The first-order valence-electron chi connectivity index (χ1n) is 4.59. The van der Waals surface area contributed by atoms with E-state index in [4.69, 9.17) is 0 Å². The van der Waals surface area contributed by atoms with Gasteiger partial charge in [0.25, 0.3) is 0 Å². The lowest BCUT2D eigenvalue weighted by atomic mass is 9.83. The van der Waals surface area contributed by atoms with Crippen LogP contribution in [0.15, 0.2) is 16.6 Å². The molecule has 0 nitrogen and oxygen atoms in total. The highest BCUT2D eigenvalue weighted by Crippen LogP contribution is 2.30. The van der Waals surface area contributed by atoms with Crippen molar-refractivity contribution >= 4 is 15.9 Å². The second kappa shape index (κ2) is 3.45. The molecule has 0 aliphatic heterocycles. The highest BCUT2D eigenvalue weighted by Gasteiger charge is 2.17. The standard InChI is InChI=1S/C12H17Br/c1-8-6-10(13)7-11(9(8)2)12(3,4)5/h6-7H,1-5H3. The number of benzene rings is 1. The van der Waals surface area contributed by atoms with Crippen LogP contribution in [-0.4, -0.2) is 0 Å². The Labute approximate surface area is 89.5 Å². The fraction of sp³-hybridized carbons (Fsp3) is 0.500. The van der Waals surface area contributed by atoms with Crippen LogP contribution in [0, 0.1) is 13.8 Å². The van der Waals surface area contributed by atoms with Crippen molar-refractivity contribution in [2.45, 2.75) is 40.0 Å². The van der Waals surface area contributed by atoms with Crippen LogP contribution in [0.25, 0.3) is 0 Å². The molecule has 13 heavy (non-hydrogen) atoms. The summed E-state index contributed by atoms with van der Waals surface area (Å²) in [5.41, 5.74) is 4.44. The second-order valence-corrected chi connectivity index (χ2v) is 5.56. The van der Waals surface area contributed by atoms with Crippen molar-refractivity contribution in [3.05, 3.63) is 33.3 Å². The maximum atomic E-state index is 3.54. The molecular formula is C12H17Br. The topological polar surface area (TPSA) is 0 Å². The van der Waals surface area contributed by atoms with Crippen molar-refractivity contribution in [3.8, 4) is 0 Å². The van der Waals surface area contributed by atoms with Gasteiger partial charge in [-0.2, -0.15) is 0 Å². The van der Waals surface area contributed by atoms with Crippen molar-refractivity contribution in [3.63, 3.8) is 0 Å². The van der Waals surface area contributed by atoms with Gasteiger partial charge in [-0.05, 0) is 48.1 Å². The summed E-state index contributed by atoms with van der Waals surface area (Å²) in [6.45, 7) is 11.1. The molecule has 1 aromatic rings. The van der Waals surface area contributed by atoms with E-state index >= 15 is 0 Å². The average molecular weight is 241 g/mol. The molecule has 1 rings (SSSR count). The van der Waals surface area contributed by atoms with Gasteiger partial charge in [0.2, 0.25) is 0 Å². The Hall–Kier alpha value is -0.300. The molecule has 0 saturated heterocycles. The van der Waals surface area contributed by atoms with E-state index in [9.17, 15) is 0 Å². The number of aryl methyl sites for hydroxylation is 1. The highest BCUT2D eigenvalue weighted by molar-refractivity contribution is 9.10. The minimum absolute atomic E-state index is 0.235. The van der Waals surface area contributed by atoms with E-state index in [2.05, 4.69) is 62.7 Å². The molecule has 0 aliphatic rings. The minimum atomic E-state index is 0.235. The smallest absolute Gasteiger partial charge is 0.0181 e. The summed E-state index contributed by atoms with van der Waals surface area (Å²) in [4.78, 5) is 0. The molecule has 0 amide bonds. The zero-order chi connectivity index (χ0) is 10.2. The van der Waals surface area contributed by atoms with Crippen LogP contribution in [0.4, 0.5) is 0 Å². The summed E-state index contributed by atoms with van der Waals surface area (Å²) in [5.74, 6) is 0. The summed E-state index contributed by atoms with van der Waals surface area (Å²) < 4.78 is 1.18. The van der Waals surface area contributed by atoms with Crippen molar-refractivity contribution < 1.29 is 0 Å². The fourth-order valence-electron chi connectivity index (χ4n) is 1.59. The number of hydrogen-bond acceptors (Lipinski definition) is 0. The Bertz CT molecular complexity index is 319. The molecule has 72 valence electrons. The Morgan fingerprint density at radius 3 is 2.08 bits per heavy atom. The van der Waals surface area contributed by atoms with Crippen LogP contribution in [-0.2, 0) is 5.41 Å². The summed E-state index contributed by atoms with van der Waals surface area (Å²) in [5, 5.41) is 0. The van der Waals surface area contributed by atoms with Gasteiger partial charge < -0.3 is 0 Å². The Morgan fingerprint density at radius 1 is 1.08 bits per heavy atom. The molecule has 0 radical (unpaired) electrons. The predicted octanol–water partition coefficient (Wildman–Crippen LogP) is 4.36. The second-order valence-electron chi connectivity index (χ2n) is 4.65. The molecule has 0 bridgehead atoms. The maximum absolute atomic E-state index is 3.54. The first-order valence-corrected chi connectivity index (χ1v) is 5.39. The monoisotopic (exact) mass is 240 g/mol. The van der Waals surface area contributed by atoms with Crippen LogP contribution in [0.3, 0.4) is 0 Å². The Kier molecular flexibility index (Phi) is 2.86. The van der Waals surface area contributed by atoms with Crippen molar-refractivity contribution in [1.29, 1.82) is 0 Å². The molecule has 0 unspecified atom stereocenters. The zero-order valence-electron chi connectivity index (χ0n) is 9.03. The van der Waals surface area contributed by atoms with Gasteiger partial charge in [-0.15, -0.1) is 0 Å².